The quantitative estimate of drug-likeness (QED) is 0.790. The van der Waals surface area contributed by atoms with Crippen molar-refractivity contribution in [2.75, 3.05) is 13.7 Å². The van der Waals surface area contributed by atoms with E-state index in [0.29, 0.717) is 18.1 Å². The summed E-state index contributed by atoms with van der Waals surface area (Å²) in [4.78, 5) is 17.1. The fraction of sp³-hybridized carbons (Fsp3) is 0.458. The normalized spacial score (nSPS) is 25.2. The van der Waals surface area contributed by atoms with Crippen LogP contribution in [-0.2, 0) is 11.3 Å². The van der Waals surface area contributed by atoms with E-state index in [9.17, 15) is 4.79 Å². The molecule has 4 nitrogen and oxygen atoms in total. The van der Waals surface area contributed by atoms with Crippen LogP contribution in [-0.4, -0.2) is 41.4 Å². The standard InChI is InChI=1S/C24H30N2O2/c1-18(27)25-15-7-6-10-22-24(25)16-23(20-8-4-3-5-9-20)26(22)17-19-11-13-21(28-2)14-12-19/h3-5,8-9,11-14,22-24H,6-7,10,15-17H2,1-2H3/t22-,23-,24+/m0/s1. The monoisotopic (exact) mass is 378 g/mol. The number of nitrogens with zero attached hydrogens (tertiary/aromatic N) is 2. The summed E-state index contributed by atoms with van der Waals surface area (Å²) < 4.78 is 5.31. The average Bonchev–Trinajstić information content (AvgIpc) is 2.93. The van der Waals surface area contributed by atoms with Gasteiger partial charge in [0.05, 0.1) is 7.11 Å². The summed E-state index contributed by atoms with van der Waals surface area (Å²) in [6.45, 7) is 3.52. The number of carbonyl (C=O) groups is 1. The Hall–Kier alpha value is -2.33. The lowest BCUT2D eigenvalue weighted by molar-refractivity contribution is -0.131. The van der Waals surface area contributed by atoms with Gasteiger partial charge in [-0.25, -0.2) is 0 Å². The number of hydrogen-bond acceptors (Lipinski definition) is 3. The number of methoxy groups -OCH3 is 1. The van der Waals surface area contributed by atoms with E-state index >= 15 is 0 Å². The Bertz CT molecular complexity index is 790. The van der Waals surface area contributed by atoms with Crippen LogP contribution in [0.15, 0.2) is 54.6 Å². The van der Waals surface area contributed by atoms with Gasteiger partial charge in [-0.3, -0.25) is 9.69 Å². The number of amides is 1. The maximum Gasteiger partial charge on any atom is 0.219 e. The Morgan fingerprint density at radius 3 is 2.46 bits per heavy atom. The van der Waals surface area contributed by atoms with Gasteiger partial charge in [0.15, 0.2) is 0 Å². The highest BCUT2D eigenvalue weighted by Crippen LogP contribution is 2.42. The van der Waals surface area contributed by atoms with Crippen LogP contribution in [0.1, 0.15) is 49.8 Å². The number of rotatable bonds is 4. The predicted octanol–water partition coefficient (Wildman–Crippen LogP) is 4.41. The molecule has 2 saturated heterocycles. The summed E-state index contributed by atoms with van der Waals surface area (Å²) >= 11 is 0. The second kappa shape index (κ2) is 8.36. The van der Waals surface area contributed by atoms with Crippen molar-refractivity contribution in [1.82, 2.24) is 9.80 Å². The molecule has 2 heterocycles. The van der Waals surface area contributed by atoms with Crippen LogP contribution in [0.4, 0.5) is 0 Å². The second-order valence-corrected chi connectivity index (χ2v) is 8.03. The van der Waals surface area contributed by atoms with E-state index in [-0.39, 0.29) is 5.91 Å². The zero-order valence-electron chi connectivity index (χ0n) is 16.9. The lowest BCUT2D eigenvalue weighted by Gasteiger charge is -2.33. The van der Waals surface area contributed by atoms with Gasteiger partial charge < -0.3 is 9.64 Å². The lowest BCUT2D eigenvalue weighted by atomic mass is 10.0. The van der Waals surface area contributed by atoms with Gasteiger partial charge in [0, 0.05) is 38.1 Å². The van der Waals surface area contributed by atoms with Crippen molar-refractivity contribution in [3.63, 3.8) is 0 Å². The minimum absolute atomic E-state index is 0.218. The first-order chi connectivity index (χ1) is 13.7. The molecule has 0 unspecified atom stereocenters. The summed E-state index contributed by atoms with van der Waals surface area (Å²) in [7, 11) is 1.70. The van der Waals surface area contributed by atoms with Crippen LogP contribution < -0.4 is 4.74 Å². The van der Waals surface area contributed by atoms with Crippen molar-refractivity contribution in [2.45, 2.75) is 57.3 Å². The first-order valence-electron chi connectivity index (χ1n) is 10.4. The van der Waals surface area contributed by atoms with Crippen LogP contribution in [0.3, 0.4) is 0 Å². The number of benzene rings is 2. The third-order valence-corrected chi connectivity index (χ3v) is 6.40. The summed E-state index contributed by atoms with van der Waals surface area (Å²) in [5.41, 5.74) is 2.65. The van der Waals surface area contributed by atoms with Crippen molar-refractivity contribution >= 4 is 5.91 Å². The smallest absolute Gasteiger partial charge is 0.219 e. The molecule has 0 saturated carbocycles. The highest BCUT2D eigenvalue weighted by Gasteiger charge is 2.45. The second-order valence-electron chi connectivity index (χ2n) is 8.03. The van der Waals surface area contributed by atoms with Gasteiger partial charge in [0.25, 0.3) is 0 Å². The number of fused-ring (bicyclic) bond motifs is 1. The molecule has 2 aromatic rings. The van der Waals surface area contributed by atoms with Gasteiger partial charge in [0.2, 0.25) is 5.91 Å². The van der Waals surface area contributed by atoms with Gasteiger partial charge in [-0.05, 0) is 42.5 Å². The van der Waals surface area contributed by atoms with E-state index in [4.69, 9.17) is 4.74 Å². The maximum atomic E-state index is 12.4. The van der Waals surface area contributed by atoms with E-state index in [1.54, 1.807) is 14.0 Å². The average molecular weight is 379 g/mol. The molecule has 0 aromatic heterocycles. The third-order valence-electron chi connectivity index (χ3n) is 6.40. The fourth-order valence-electron chi connectivity index (χ4n) is 5.03. The Morgan fingerprint density at radius 1 is 1.04 bits per heavy atom. The Labute approximate surface area is 168 Å². The number of carbonyl (C=O) groups excluding carboxylic acids is 1. The highest BCUT2D eigenvalue weighted by atomic mass is 16.5. The van der Waals surface area contributed by atoms with E-state index in [1.165, 1.54) is 17.5 Å². The molecule has 3 atom stereocenters. The number of ether oxygens (including phenoxy) is 1. The fourth-order valence-corrected chi connectivity index (χ4v) is 5.03. The lowest BCUT2D eigenvalue weighted by Crippen LogP contribution is -2.45. The first kappa shape index (κ1) is 19.0. The predicted molar refractivity (Wildman–Crippen MR) is 111 cm³/mol. The van der Waals surface area contributed by atoms with Crippen molar-refractivity contribution in [1.29, 1.82) is 0 Å². The van der Waals surface area contributed by atoms with Crippen molar-refractivity contribution in [3.05, 3.63) is 65.7 Å². The number of hydrogen-bond donors (Lipinski definition) is 0. The van der Waals surface area contributed by atoms with Crippen molar-refractivity contribution in [3.8, 4) is 5.75 Å². The van der Waals surface area contributed by atoms with Crippen molar-refractivity contribution in [2.24, 2.45) is 0 Å². The summed E-state index contributed by atoms with van der Waals surface area (Å²) in [6, 6.07) is 20.2. The molecule has 0 aliphatic carbocycles. The minimum Gasteiger partial charge on any atom is -0.497 e. The van der Waals surface area contributed by atoms with E-state index < -0.39 is 0 Å². The molecule has 0 radical (unpaired) electrons. The van der Waals surface area contributed by atoms with Crippen molar-refractivity contribution < 1.29 is 9.53 Å². The molecule has 0 spiro atoms. The summed E-state index contributed by atoms with van der Waals surface area (Å²) in [5.74, 6) is 1.11. The molecular formula is C24H30N2O2. The highest BCUT2D eigenvalue weighted by molar-refractivity contribution is 5.73. The third kappa shape index (κ3) is 3.79. The molecule has 28 heavy (non-hydrogen) atoms. The van der Waals surface area contributed by atoms with E-state index in [0.717, 1.165) is 38.1 Å². The van der Waals surface area contributed by atoms with Crippen LogP contribution in [0.25, 0.3) is 0 Å². The molecule has 2 aliphatic rings. The van der Waals surface area contributed by atoms with Crippen LogP contribution in [0, 0.1) is 0 Å². The molecule has 2 fully saturated rings. The van der Waals surface area contributed by atoms with Crippen LogP contribution >= 0.6 is 0 Å². The molecule has 0 N–H and O–H groups in total. The maximum absolute atomic E-state index is 12.4. The molecular weight excluding hydrogens is 348 g/mol. The van der Waals surface area contributed by atoms with E-state index in [1.807, 2.05) is 12.1 Å². The van der Waals surface area contributed by atoms with Gasteiger partial charge in [0.1, 0.15) is 5.75 Å². The molecule has 2 aromatic carbocycles. The Balaban J connectivity index is 1.66. The van der Waals surface area contributed by atoms with Gasteiger partial charge >= 0.3 is 0 Å². The number of likely N-dealkylation sites (tertiary alicyclic amines) is 2. The SMILES string of the molecule is COc1ccc(CN2[C@H](c3ccccc3)C[C@@H]3[C@@H]2CCCCN3C(C)=O)cc1. The van der Waals surface area contributed by atoms with Crippen LogP contribution in [0.2, 0.25) is 0 Å². The van der Waals surface area contributed by atoms with Gasteiger partial charge in [-0.1, -0.05) is 48.9 Å². The Morgan fingerprint density at radius 2 is 1.79 bits per heavy atom. The summed E-state index contributed by atoms with van der Waals surface area (Å²) in [6.07, 6.45) is 4.48. The van der Waals surface area contributed by atoms with E-state index in [2.05, 4.69) is 52.3 Å². The molecule has 0 bridgehead atoms. The Kier molecular flexibility index (Phi) is 5.67. The van der Waals surface area contributed by atoms with Crippen LogP contribution in [0.5, 0.6) is 5.75 Å². The first-order valence-corrected chi connectivity index (χ1v) is 10.4. The molecule has 2 aliphatic heterocycles. The summed E-state index contributed by atoms with van der Waals surface area (Å²) in [5, 5.41) is 0. The largest absolute Gasteiger partial charge is 0.497 e. The molecule has 4 heteroatoms. The van der Waals surface area contributed by atoms with Gasteiger partial charge in [-0.15, -0.1) is 0 Å². The zero-order chi connectivity index (χ0) is 19.5. The molecule has 148 valence electrons. The molecule has 1 amide bonds. The minimum atomic E-state index is 0.218. The molecule has 4 rings (SSSR count). The zero-order valence-corrected chi connectivity index (χ0v) is 16.9. The topological polar surface area (TPSA) is 32.8 Å². The van der Waals surface area contributed by atoms with Gasteiger partial charge in [-0.2, -0.15) is 0 Å².